The summed E-state index contributed by atoms with van der Waals surface area (Å²) in [6.07, 6.45) is 4.17. The summed E-state index contributed by atoms with van der Waals surface area (Å²) >= 11 is -2.20. The molecule has 0 spiro atoms. The van der Waals surface area contributed by atoms with Crippen LogP contribution in [0.1, 0.15) is 74.7 Å². The molecule has 1 rings (SSSR count). The van der Waals surface area contributed by atoms with Crippen molar-refractivity contribution in [1.82, 2.24) is 0 Å². The van der Waals surface area contributed by atoms with Crippen LogP contribution >= 0.6 is 0 Å². The van der Waals surface area contributed by atoms with E-state index in [-0.39, 0.29) is 0 Å². The molecule has 0 amide bonds. The van der Waals surface area contributed by atoms with E-state index in [1.807, 2.05) is 3.28 Å². The first-order valence-electron chi connectivity index (χ1n) is 8.68. The Hall–Kier alpha value is 0.363. The molecule has 0 atom stereocenters. The van der Waals surface area contributed by atoms with Gasteiger partial charge < -0.3 is 0 Å². The summed E-state index contributed by atoms with van der Waals surface area (Å²) < 4.78 is 6.67. The molecule has 1 aliphatic carbocycles. The zero-order valence-corrected chi connectivity index (χ0v) is 17.7. The predicted molar refractivity (Wildman–Crippen MR) is 90.1 cm³/mol. The average molecular weight is 356 g/mol. The fraction of sp³-hybridized carbons (Fsp3) is 0.789. The normalized spacial score (nSPS) is 19.2. The van der Waals surface area contributed by atoms with Gasteiger partial charge in [-0.05, 0) is 0 Å². The van der Waals surface area contributed by atoms with E-state index in [1.54, 1.807) is 29.1 Å². The fourth-order valence-corrected chi connectivity index (χ4v) is 21.7. The van der Waals surface area contributed by atoms with E-state index in [9.17, 15) is 0 Å². The van der Waals surface area contributed by atoms with Gasteiger partial charge in [-0.15, -0.1) is 0 Å². The Kier molecular flexibility index (Phi) is 6.52. The van der Waals surface area contributed by atoms with Crippen molar-refractivity contribution in [3.05, 3.63) is 20.0 Å². The predicted octanol–water partition coefficient (Wildman–Crippen LogP) is 7.28. The van der Waals surface area contributed by atoms with E-state index in [1.165, 1.54) is 19.3 Å². The van der Waals surface area contributed by atoms with Crippen LogP contribution in [-0.2, 0) is 20.3 Å². The van der Waals surface area contributed by atoms with E-state index in [0.717, 1.165) is 0 Å². The van der Waals surface area contributed by atoms with E-state index >= 15 is 0 Å². The summed E-state index contributed by atoms with van der Waals surface area (Å²) in [6.45, 7) is 19.4. The first-order chi connectivity index (χ1) is 9.28. The van der Waals surface area contributed by atoms with Crippen LogP contribution in [0.2, 0.25) is 12.4 Å². The van der Waals surface area contributed by atoms with E-state index in [2.05, 4.69) is 55.4 Å². The second-order valence-electron chi connectivity index (χ2n) is 7.41. The molecule has 0 saturated carbocycles. The molecule has 20 heavy (non-hydrogen) atoms. The second kappa shape index (κ2) is 7.08. The molecular weight excluding hydrogens is 319 g/mol. The Labute approximate surface area is 132 Å². The van der Waals surface area contributed by atoms with Gasteiger partial charge >= 0.3 is 133 Å². The minimum atomic E-state index is -2.20. The molecular formula is C19H36Zr. The Bertz CT molecular complexity index is 392. The molecule has 0 unspecified atom stereocenters. The second-order valence-corrected chi connectivity index (χ2v) is 18.6. The van der Waals surface area contributed by atoms with Gasteiger partial charge in [-0.25, -0.2) is 0 Å². The summed E-state index contributed by atoms with van der Waals surface area (Å²) in [5, 5.41) is 0. The number of hydrogen-bond acceptors (Lipinski definition) is 0. The van der Waals surface area contributed by atoms with Crippen molar-refractivity contribution in [1.29, 1.82) is 0 Å². The molecule has 1 aliphatic rings. The Balaban J connectivity index is 3.41. The average Bonchev–Trinajstić information content (AvgIpc) is 2.51. The van der Waals surface area contributed by atoms with Crippen molar-refractivity contribution in [2.45, 2.75) is 87.0 Å². The number of hydrogen-bond donors (Lipinski definition) is 0. The maximum atomic E-state index is 2.50. The molecule has 0 saturated heterocycles. The van der Waals surface area contributed by atoms with Crippen molar-refractivity contribution in [2.75, 3.05) is 0 Å². The van der Waals surface area contributed by atoms with Crippen LogP contribution in [-0.4, -0.2) is 0 Å². The number of rotatable bonds is 7. The first kappa shape index (κ1) is 18.4. The van der Waals surface area contributed by atoms with Gasteiger partial charge in [0.25, 0.3) is 0 Å². The SMILES string of the molecule is CC[CH2][Zr]([CH2]CC)([CH2]CC)[C]1=C(C)C(C)=C(C)C1(C)C. The molecule has 0 aromatic carbocycles. The standard InChI is InChI=1S/C10H15.3C3H7.Zr/c1-7-6-10(4,5)9(3)8(7)2;3*1-3-2;/h1-5H3;3*1,3H2,2H3;. The van der Waals surface area contributed by atoms with Crippen LogP contribution in [0, 0.1) is 5.41 Å². The van der Waals surface area contributed by atoms with Crippen molar-refractivity contribution in [3.63, 3.8) is 0 Å². The molecule has 0 radical (unpaired) electrons. The van der Waals surface area contributed by atoms with Gasteiger partial charge in [-0.3, -0.25) is 0 Å². The molecule has 0 nitrogen and oxygen atoms in total. The molecule has 0 bridgehead atoms. The van der Waals surface area contributed by atoms with Crippen LogP contribution in [0.3, 0.4) is 0 Å². The third kappa shape index (κ3) is 3.08. The summed E-state index contributed by atoms with van der Waals surface area (Å²) in [6, 6.07) is 0. The topological polar surface area (TPSA) is 0 Å². The van der Waals surface area contributed by atoms with Crippen molar-refractivity contribution < 1.29 is 20.3 Å². The molecule has 0 aromatic rings. The van der Waals surface area contributed by atoms with Crippen LogP contribution < -0.4 is 0 Å². The molecule has 116 valence electrons. The molecule has 0 N–H and O–H groups in total. The quantitative estimate of drug-likeness (QED) is 0.450. The summed E-state index contributed by atoms with van der Waals surface area (Å²) in [5.74, 6) is 0. The third-order valence-corrected chi connectivity index (χ3v) is 21.6. The molecule has 0 fully saturated rings. The van der Waals surface area contributed by atoms with Gasteiger partial charge in [0, 0.05) is 0 Å². The fourth-order valence-electron chi connectivity index (χ4n) is 4.84. The first-order valence-corrected chi connectivity index (χ1v) is 15.1. The van der Waals surface area contributed by atoms with Crippen molar-refractivity contribution >= 4 is 0 Å². The van der Waals surface area contributed by atoms with Crippen LogP contribution in [0.25, 0.3) is 0 Å². The zero-order valence-electron chi connectivity index (χ0n) is 15.2. The van der Waals surface area contributed by atoms with Crippen LogP contribution in [0.15, 0.2) is 20.0 Å². The van der Waals surface area contributed by atoms with E-state index < -0.39 is 20.3 Å². The summed E-state index contributed by atoms with van der Waals surface area (Å²) in [7, 11) is 0. The van der Waals surface area contributed by atoms with Crippen LogP contribution in [0.5, 0.6) is 0 Å². The maximum absolute atomic E-state index is 2.50. The Morgan fingerprint density at radius 1 is 0.750 bits per heavy atom. The minimum absolute atomic E-state index is 0.351. The van der Waals surface area contributed by atoms with Gasteiger partial charge in [-0.1, -0.05) is 0 Å². The van der Waals surface area contributed by atoms with E-state index in [0.29, 0.717) is 5.41 Å². The van der Waals surface area contributed by atoms with Gasteiger partial charge in [0.1, 0.15) is 0 Å². The molecule has 0 aromatic heterocycles. The van der Waals surface area contributed by atoms with Gasteiger partial charge in [-0.2, -0.15) is 0 Å². The summed E-state index contributed by atoms with van der Waals surface area (Å²) in [5.41, 5.74) is 5.30. The molecule has 0 aliphatic heterocycles. The van der Waals surface area contributed by atoms with Gasteiger partial charge in [0.15, 0.2) is 0 Å². The van der Waals surface area contributed by atoms with Gasteiger partial charge in [0.2, 0.25) is 0 Å². The van der Waals surface area contributed by atoms with Crippen molar-refractivity contribution in [2.24, 2.45) is 5.41 Å². The number of allylic oxidation sites excluding steroid dienone is 4. The summed E-state index contributed by atoms with van der Waals surface area (Å²) in [4.78, 5) is 0. The van der Waals surface area contributed by atoms with Crippen LogP contribution in [0.4, 0.5) is 0 Å². The van der Waals surface area contributed by atoms with E-state index in [4.69, 9.17) is 0 Å². The zero-order chi connectivity index (χ0) is 15.6. The molecule has 0 heterocycles. The Morgan fingerprint density at radius 2 is 1.15 bits per heavy atom. The van der Waals surface area contributed by atoms with Gasteiger partial charge in [0.05, 0.1) is 0 Å². The third-order valence-electron chi connectivity index (χ3n) is 5.78. The molecule has 1 heteroatoms. The van der Waals surface area contributed by atoms with Crippen molar-refractivity contribution in [3.8, 4) is 0 Å². The Morgan fingerprint density at radius 3 is 1.40 bits per heavy atom. The monoisotopic (exact) mass is 354 g/mol.